The van der Waals surface area contributed by atoms with E-state index >= 15 is 0 Å². The fourth-order valence-electron chi connectivity index (χ4n) is 3.38. The maximum Gasteiger partial charge on any atom is 0.238 e. The number of rotatable bonds is 11. The molecule has 0 heterocycles. The number of aryl methyl sites for hydroxylation is 2. The minimum atomic E-state index is 0.0508. The van der Waals surface area contributed by atoms with Crippen molar-refractivity contribution in [2.45, 2.75) is 47.0 Å². The van der Waals surface area contributed by atoms with Crippen molar-refractivity contribution in [1.29, 1.82) is 0 Å². The van der Waals surface area contributed by atoms with Gasteiger partial charge in [0.2, 0.25) is 5.91 Å². The van der Waals surface area contributed by atoms with E-state index in [1.807, 2.05) is 6.92 Å². The molecule has 2 rings (SSSR count). The van der Waals surface area contributed by atoms with Crippen LogP contribution in [0.1, 0.15) is 43.4 Å². The van der Waals surface area contributed by atoms with Crippen LogP contribution in [0.4, 0.5) is 11.4 Å². The molecule has 0 aliphatic carbocycles. The average molecular weight is 382 g/mol. The molecule has 0 bridgehead atoms. The van der Waals surface area contributed by atoms with Crippen LogP contribution < -0.4 is 10.6 Å². The van der Waals surface area contributed by atoms with Crippen LogP contribution in [0.2, 0.25) is 0 Å². The molecule has 0 unspecified atom stereocenters. The van der Waals surface area contributed by atoms with Crippen LogP contribution in [-0.2, 0) is 11.2 Å². The molecule has 2 N–H and O–H groups in total. The Morgan fingerprint density at radius 2 is 1.68 bits per heavy atom. The molecule has 28 heavy (non-hydrogen) atoms. The van der Waals surface area contributed by atoms with E-state index in [-0.39, 0.29) is 5.91 Å². The lowest BCUT2D eigenvalue weighted by Crippen LogP contribution is -2.33. The first kappa shape index (κ1) is 22.0. The van der Waals surface area contributed by atoms with Gasteiger partial charge in [-0.1, -0.05) is 50.2 Å². The quantitative estimate of drug-likeness (QED) is 0.537. The first-order valence-corrected chi connectivity index (χ1v) is 10.4. The number of hydrogen-bond acceptors (Lipinski definition) is 3. The van der Waals surface area contributed by atoms with Crippen LogP contribution >= 0.6 is 0 Å². The summed E-state index contributed by atoms with van der Waals surface area (Å²) in [5.41, 5.74) is 5.64. The number of carbonyl (C=O) groups is 1. The summed E-state index contributed by atoms with van der Waals surface area (Å²) in [6.45, 7) is 11.4. The highest BCUT2D eigenvalue weighted by molar-refractivity contribution is 5.94. The van der Waals surface area contributed by atoms with E-state index in [2.05, 4.69) is 78.8 Å². The van der Waals surface area contributed by atoms with Crippen LogP contribution in [-0.4, -0.2) is 37.0 Å². The summed E-state index contributed by atoms with van der Waals surface area (Å²) >= 11 is 0. The highest BCUT2D eigenvalue weighted by Crippen LogP contribution is 2.27. The van der Waals surface area contributed by atoms with Gasteiger partial charge in [0.25, 0.3) is 0 Å². The van der Waals surface area contributed by atoms with E-state index < -0.39 is 0 Å². The summed E-state index contributed by atoms with van der Waals surface area (Å²) in [6.07, 6.45) is 3.39. The molecule has 4 nitrogen and oxygen atoms in total. The number of nitrogens with zero attached hydrogens (tertiary/aromatic N) is 1. The molecule has 0 aliphatic rings. The molecule has 0 saturated carbocycles. The maximum absolute atomic E-state index is 12.4. The Morgan fingerprint density at radius 3 is 2.36 bits per heavy atom. The van der Waals surface area contributed by atoms with E-state index in [4.69, 9.17) is 0 Å². The number of nitrogens with one attached hydrogen (secondary N) is 2. The van der Waals surface area contributed by atoms with Gasteiger partial charge in [0, 0.05) is 17.9 Å². The lowest BCUT2D eigenvalue weighted by Gasteiger charge is -2.20. The second-order valence-electron chi connectivity index (χ2n) is 7.31. The molecule has 0 fully saturated rings. The minimum absolute atomic E-state index is 0.0508. The minimum Gasteiger partial charge on any atom is -0.385 e. The molecule has 0 atom stereocenters. The summed E-state index contributed by atoms with van der Waals surface area (Å²) in [5.74, 6) is 0.0508. The topological polar surface area (TPSA) is 44.4 Å². The van der Waals surface area contributed by atoms with Crippen LogP contribution in [0.15, 0.2) is 42.5 Å². The number of amides is 1. The monoisotopic (exact) mass is 381 g/mol. The molecule has 4 heteroatoms. The third kappa shape index (κ3) is 6.68. The van der Waals surface area contributed by atoms with Gasteiger partial charge in [0.1, 0.15) is 0 Å². The standard InChI is InChI=1S/C24H35N3O/c1-5-27(6-2)18-23(28)26-24-19(3)15-16-22(20(24)4)25-17-11-10-14-21-12-8-7-9-13-21/h7-9,12-13,15-16,25H,5-6,10-11,14,17-18H2,1-4H3,(H,26,28). The fourth-order valence-corrected chi connectivity index (χ4v) is 3.38. The molecular weight excluding hydrogens is 346 g/mol. The second kappa shape index (κ2) is 11.5. The van der Waals surface area contributed by atoms with Crippen molar-refractivity contribution in [3.05, 3.63) is 59.2 Å². The highest BCUT2D eigenvalue weighted by atomic mass is 16.2. The van der Waals surface area contributed by atoms with Crippen molar-refractivity contribution < 1.29 is 4.79 Å². The molecule has 0 radical (unpaired) electrons. The van der Waals surface area contributed by atoms with Crippen LogP contribution in [0.3, 0.4) is 0 Å². The molecule has 2 aromatic carbocycles. The van der Waals surface area contributed by atoms with Crippen molar-refractivity contribution in [2.75, 3.05) is 36.8 Å². The van der Waals surface area contributed by atoms with Crippen molar-refractivity contribution in [1.82, 2.24) is 4.90 Å². The average Bonchev–Trinajstić information content (AvgIpc) is 2.71. The van der Waals surface area contributed by atoms with Crippen LogP contribution in [0.25, 0.3) is 0 Å². The van der Waals surface area contributed by atoms with Gasteiger partial charge in [-0.3, -0.25) is 9.69 Å². The normalized spacial score (nSPS) is 10.9. The summed E-state index contributed by atoms with van der Waals surface area (Å²) in [5, 5.41) is 6.66. The molecule has 0 aliphatic heterocycles. The number of benzene rings is 2. The fraction of sp³-hybridized carbons (Fsp3) is 0.458. The Kier molecular flexibility index (Phi) is 9.02. The van der Waals surface area contributed by atoms with Gasteiger partial charge < -0.3 is 10.6 Å². The predicted molar refractivity (Wildman–Crippen MR) is 120 cm³/mol. The molecule has 0 aromatic heterocycles. The molecule has 2 aromatic rings. The van der Waals surface area contributed by atoms with Gasteiger partial charge in [-0.15, -0.1) is 0 Å². The molecule has 1 amide bonds. The number of anilines is 2. The number of likely N-dealkylation sites (N-methyl/N-ethyl adjacent to an activating group) is 1. The van der Waals surface area contributed by atoms with E-state index in [9.17, 15) is 4.79 Å². The first-order valence-electron chi connectivity index (χ1n) is 10.4. The zero-order valence-electron chi connectivity index (χ0n) is 17.8. The van der Waals surface area contributed by atoms with Crippen molar-refractivity contribution in [3.63, 3.8) is 0 Å². The summed E-state index contributed by atoms with van der Waals surface area (Å²) < 4.78 is 0. The zero-order valence-corrected chi connectivity index (χ0v) is 17.8. The molecule has 0 saturated heterocycles. The van der Waals surface area contributed by atoms with Gasteiger partial charge in [-0.05, 0) is 69.0 Å². The van der Waals surface area contributed by atoms with Crippen LogP contribution in [0, 0.1) is 13.8 Å². The summed E-state index contributed by atoms with van der Waals surface area (Å²) in [7, 11) is 0. The Morgan fingerprint density at radius 1 is 0.964 bits per heavy atom. The lowest BCUT2D eigenvalue weighted by atomic mass is 10.1. The Labute approximate surface area is 170 Å². The van der Waals surface area contributed by atoms with Gasteiger partial charge in [-0.25, -0.2) is 0 Å². The molecular formula is C24H35N3O. The number of hydrogen-bond donors (Lipinski definition) is 2. The number of unbranched alkanes of at least 4 members (excludes halogenated alkanes) is 1. The Hall–Kier alpha value is -2.33. The van der Waals surface area contributed by atoms with E-state index in [1.165, 1.54) is 5.56 Å². The zero-order chi connectivity index (χ0) is 20.4. The van der Waals surface area contributed by atoms with Crippen LogP contribution in [0.5, 0.6) is 0 Å². The van der Waals surface area contributed by atoms with E-state index in [0.29, 0.717) is 6.54 Å². The number of carbonyl (C=O) groups excluding carboxylic acids is 1. The largest absolute Gasteiger partial charge is 0.385 e. The van der Waals surface area contributed by atoms with Gasteiger partial charge in [0.05, 0.1) is 6.54 Å². The highest BCUT2D eigenvalue weighted by Gasteiger charge is 2.12. The lowest BCUT2D eigenvalue weighted by molar-refractivity contribution is -0.117. The Balaban J connectivity index is 1.88. The molecule has 0 spiro atoms. The smallest absolute Gasteiger partial charge is 0.238 e. The first-order chi connectivity index (χ1) is 13.5. The van der Waals surface area contributed by atoms with Crippen molar-refractivity contribution in [3.8, 4) is 0 Å². The van der Waals surface area contributed by atoms with Crippen molar-refractivity contribution in [2.24, 2.45) is 0 Å². The maximum atomic E-state index is 12.4. The summed E-state index contributed by atoms with van der Waals surface area (Å²) in [4.78, 5) is 14.5. The predicted octanol–water partition coefficient (Wildman–Crippen LogP) is 5.02. The molecule has 152 valence electrons. The Bertz CT molecular complexity index is 739. The third-order valence-electron chi connectivity index (χ3n) is 5.25. The van der Waals surface area contributed by atoms with Gasteiger partial charge in [0.15, 0.2) is 0 Å². The summed E-state index contributed by atoms with van der Waals surface area (Å²) in [6, 6.07) is 14.8. The van der Waals surface area contributed by atoms with Crippen molar-refractivity contribution >= 4 is 17.3 Å². The third-order valence-corrected chi connectivity index (χ3v) is 5.25. The van der Waals surface area contributed by atoms with Gasteiger partial charge in [-0.2, -0.15) is 0 Å². The SMILES string of the molecule is CCN(CC)CC(=O)Nc1c(C)ccc(NCCCCc2ccccc2)c1C. The van der Waals surface area contributed by atoms with E-state index in [1.54, 1.807) is 0 Å². The van der Waals surface area contributed by atoms with E-state index in [0.717, 1.165) is 61.4 Å². The second-order valence-corrected chi connectivity index (χ2v) is 7.31. The van der Waals surface area contributed by atoms with Gasteiger partial charge >= 0.3 is 0 Å².